The van der Waals surface area contributed by atoms with E-state index in [1.165, 1.54) is 23.8 Å². The van der Waals surface area contributed by atoms with Crippen LogP contribution in [0.3, 0.4) is 0 Å². The molecule has 0 saturated carbocycles. The number of benzene rings is 1. The molecule has 0 radical (unpaired) electrons. The van der Waals surface area contributed by atoms with Crippen LogP contribution < -0.4 is 4.90 Å². The van der Waals surface area contributed by atoms with Crippen molar-refractivity contribution in [3.05, 3.63) is 59.9 Å². The van der Waals surface area contributed by atoms with Crippen LogP contribution in [0.15, 0.2) is 48.8 Å². The van der Waals surface area contributed by atoms with Crippen molar-refractivity contribution in [1.29, 1.82) is 5.26 Å². The molecule has 0 spiro atoms. The van der Waals surface area contributed by atoms with Crippen molar-refractivity contribution in [2.45, 2.75) is 19.3 Å². The third-order valence-corrected chi connectivity index (χ3v) is 5.41. The Bertz CT molecular complexity index is 917. The highest BCUT2D eigenvalue weighted by Crippen LogP contribution is 2.21. The first-order valence-corrected chi connectivity index (χ1v) is 9.72. The maximum atomic E-state index is 9.10. The van der Waals surface area contributed by atoms with Crippen molar-refractivity contribution in [2.24, 2.45) is 0 Å². The number of aryl methyl sites for hydroxylation is 1. The lowest BCUT2D eigenvalue weighted by atomic mass is 10.1. The summed E-state index contributed by atoms with van der Waals surface area (Å²) in [7, 11) is 0. The Labute approximate surface area is 160 Å². The molecule has 0 unspecified atom stereocenters. The second-order valence-corrected chi connectivity index (χ2v) is 7.16. The van der Waals surface area contributed by atoms with Crippen LogP contribution in [0, 0.1) is 11.3 Å². The third kappa shape index (κ3) is 4.12. The number of anilines is 1. The molecular weight excluding hydrogens is 334 g/mol. The molecule has 0 amide bonds. The SMILES string of the molecule is N#Cc1ccc2[nH]cc(CCCCN3CCN(c4ccccn4)CC3)c2c1. The minimum absolute atomic E-state index is 0.731. The molecule has 0 atom stereocenters. The van der Waals surface area contributed by atoms with Gasteiger partial charge in [0, 0.05) is 49.5 Å². The molecule has 5 heteroatoms. The van der Waals surface area contributed by atoms with E-state index in [0.717, 1.165) is 56.0 Å². The molecule has 3 aromatic rings. The number of aromatic nitrogens is 2. The van der Waals surface area contributed by atoms with E-state index >= 15 is 0 Å². The van der Waals surface area contributed by atoms with Gasteiger partial charge in [0.1, 0.15) is 5.82 Å². The predicted molar refractivity (Wildman–Crippen MR) is 109 cm³/mol. The molecule has 3 heterocycles. The summed E-state index contributed by atoms with van der Waals surface area (Å²) in [6, 6.07) is 14.2. The Morgan fingerprint density at radius 3 is 2.74 bits per heavy atom. The van der Waals surface area contributed by atoms with Crippen LogP contribution in [0.4, 0.5) is 5.82 Å². The standard InChI is InChI=1S/C22H25N5/c23-16-18-7-8-21-20(15-18)19(17-25-21)5-2-4-10-26-11-13-27(14-12-26)22-6-1-3-9-24-22/h1,3,6-9,15,17,25H,2,4-5,10-14H2. The second kappa shape index (κ2) is 8.24. The maximum absolute atomic E-state index is 9.10. The molecule has 0 aliphatic carbocycles. The number of H-pyrrole nitrogens is 1. The van der Waals surface area contributed by atoms with Crippen LogP contribution in [0.25, 0.3) is 10.9 Å². The third-order valence-electron chi connectivity index (χ3n) is 5.41. The Hall–Kier alpha value is -2.84. The van der Waals surface area contributed by atoms with E-state index in [1.54, 1.807) is 0 Å². The average Bonchev–Trinajstić information content (AvgIpc) is 3.14. The number of hydrogen-bond acceptors (Lipinski definition) is 4. The Morgan fingerprint density at radius 2 is 1.96 bits per heavy atom. The van der Waals surface area contributed by atoms with Crippen molar-refractivity contribution in [3.63, 3.8) is 0 Å². The van der Waals surface area contributed by atoms with Gasteiger partial charge in [-0.2, -0.15) is 5.26 Å². The first kappa shape index (κ1) is 17.6. The van der Waals surface area contributed by atoms with Crippen LogP contribution in [0.1, 0.15) is 24.0 Å². The minimum atomic E-state index is 0.731. The van der Waals surface area contributed by atoms with E-state index in [1.807, 2.05) is 30.5 Å². The molecule has 1 aliphatic rings. The van der Waals surface area contributed by atoms with E-state index in [9.17, 15) is 0 Å². The van der Waals surface area contributed by atoms with Crippen molar-refractivity contribution in [2.75, 3.05) is 37.6 Å². The maximum Gasteiger partial charge on any atom is 0.128 e. The number of fused-ring (bicyclic) bond motifs is 1. The van der Waals surface area contributed by atoms with E-state index in [2.05, 4.69) is 44.2 Å². The summed E-state index contributed by atoms with van der Waals surface area (Å²) in [6.45, 7) is 5.47. The van der Waals surface area contributed by atoms with E-state index < -0.39 is 0 Å². The summed E-state index contributed by atoms with van der Waals surface area (Å²) in [6.07, 6.45) is 7.39. The molecule has 1 fully saturated rings. The highest BCUT2D eigenvalue weighted by molar-refractivity contribution is 5.84. The van der Waals surface area contributed by atoms with Crippen LogP contribution in [-0.2, 0) is 6.42 Å². The Morgan fingerprint density at radius 1 is 1.07 bits per heavy atom. The van der Waals surface area contributed by atoms with Crippen LogP contribution >= 0.6 is 0 Å². The van der Waals surface area contributed by atoms with E-state index in [0.29, 0.717) is 0 Å². The zero-order chi connectivity index (χ0) is 18.5. The van der Waals surface area contributed by atoms with Crippen LogP contribution in [0.2, 0.25) is 0 Å². The number of piperazine rings is 1. The predicted octanol–water partition coefficient (Wildman–Crippen LogP) is 3.58. The van der Waals surface area contributed by atoms with Gasteiger partial charge in [-0.05, 0) is 61.7 Å². The van der Waals surface area contributed by atoms with Gasteiger partial charge in [-0.1, -0.05) is 6.07 Å². The van der Waals surface area contributed by atoms with Gasteiger partial charge in [0.25, 0.3) is 0 Å². The Balaban J connectivity index is 1.23. The molecule has 2 aromatic heterocycles. The molecule has 1 saturated heterocycles. The zero-order valence-corrected chi connectivity index (χ0v) is 15.6. The average molecular weight is 359 g/mol. The number of pyridine rings is 1. The van der Waals surface area contributed by atoms with E-state index in [4.69, 9.17) is 5.26 Å². The van der Waals surface area contributed by atoms with Gasteiger partial charge in [-0.25, -0.2) is 4.98 Å². The summed E-state index contributed by atoms with van der Waals surface area (Å²) in [4.78, 5) is 12.7. The lowest BCUT2D eigenvalue weighted by molar-refractivity contribution is 0.252. The highest BCUT2D eigenvalue weighted by Gasteiger charge is 2.17. The molecule has 5 nitrogen and oxygen atoms in total. The van der Waals surface area contributed by atoms with Gasteiger partial charge >= 0.3 is 0 Å². The molecule has 138 valence electrons. The second-order valence-electron chi connectivity index (χ2n) is 7.16. The first-order valence-electron chi connectivity index (χ1n) is 9.72. The quantitative estimate of drug-likeness (QED) is 0.684. The largest absolute Gasteiger partial charge is 0.361 e. The number of nitrogens with zero attached hydrogens (tertiary/aromatic N) is 4. The molecule has 0 bridgehead atoms. The summed E-state index contributed by atoms with van der Waals surface area (Å²) in [5.74, 6) is 1.09. The van der Waals surface area contributed by atoms with Crippen molar-refractivity contribution in [1.82, 2.24) is 14.9 Å². The normalized spacial score (nSPS) is 15.1. The number of aromatic amines is 1. The lowest BCUT2D eigenvalue weighted by Gasteiger charge is -2.35. The number of rotatable bonds is 6. The van der Waals surface area contributed by atoms with Gasteiger partial charge in [0.2, 0.25) is 0 Å². The highest BCUT2D eigenvalue weighted by atomic mass is 15.3. The van der Waals surface area contributed by atoms with Gasteiger partial charge in [-0.3, -0.25) is 4.90 Å². The van der Waals surface area contributed by atoms with Crippen molar-refractivity contribution >= 4 is 16.7 Å². The monoisotopic (exact) mass is 359 g/mol. The molecule has 1 aliphatic heterocycles. The molecule has 27 heavy (non-hydrogen) atoms. The summed E-state index contributed by atoms with van der Waals surface area (Å²) < 4.78 is 0. The topological polar surface area (TPSA) is 59.0 Å². The number of hydrogen-bond donors (Lipinski definition) is 1. The fourth-order valence-corrected chi connectivity index (χ4v) is 3.85. The zero-order valence-electron chi connectivity index (χ0n) is 15.6. The summed E-state index contributed by atoms with van der Waals surface area (Å²) in [5.41, 5.74) is 3.17. The first-order chi connectivity index (χ1) is 13.3. The summed E-state index contributed by atoms with van der Waals surface area (Å²) >= 11 is 0. The molecular formula is C22H25N5. The summed E-state index contributed by atoms with van der Waals surface area (Å²) in [5, 5.41) is 10.3. The fraction of sp³-hybridized carbons (Fsp3) is 0.364. The minimum Gasteiger partial charge on any atom is -0.361 e. The number of nitriles is 1. The van der Waals surface area contributed by atoms with Gasteiger partial charge in [-0.15, -0.1) is 0 Å². The number of nitrogens with one attached hydrogen (secondary N) is 1. The Kier molecular flexibility index (Phi) is 5.36. The van der Waals surface area contributed by atoms with Crippen LogP contribution in [-0.4, -0.2) is 47.6 Å². The number of unbranched alkanes of at least 4 members (excludes halogenated alkanes) is 1. The van der Waals surface area contributed by atoms with Gasteiger partial charge < -0.3 is 9.88 Å². The van der Waals surface area contributed by atoms with E-state index in [-0.39, 0.29) is 0 Å². The fourth-order valence-electron chi connectivity index (χ4n) is 3.85. The van der Waals surface area contributed by atoms with Crippen LogP contribution in [0.5, 0.6) is 0 Å². The van der Waals surface area contributed by atoms with Crippen molar-refractivity contribution < 1.29 is 0 Å². The van der Waals surface area contributed by atoms with Gasteiger partial charge in [0.15, 0.2) is 0 Å². The molecule has 4 rings (SSSR count). The molecule has 1 aromatic carbocycles. The molecule has 1 N–H and O–H groups in total. The smallest absolute Gasteiger partial charge is 0.128 e. The lowest BCUT2D eigenvalue weighted by Crippen LogP contribution is -2.46. The van der Waals surface area contributed by atoms with Crippen molar-refractivity contribution in [3.8, 4) is 6.07 Å². The van der Waals surface area contributed by atoms with Gasteiger partial charge in [0.05, 0.1) is 11.6 Å².